The highest BCUT2D eigenvalue weighted by Crippen LogP contribution is 2.22. The molecule has 1 aromatic rings. The minimum absolute atomic E-state index is 0.0250. The molecule has 2 rings (SSSR count). The largest absolute Gasteiger partial charge is 0.506 e. The number of hydrogen-bond donors (Lipinski definition) is 3. The molecule has 20 heavy (non-hydrogen) atoms. The summed E-state index contributed by atoms with van der Waals surface area (Å²) in [6, 6.07) is 3.79. The summed E-state index contributed by atoms with van der Waals surface area (Å²) in [6.45, 7) is 2.32. The number of rotatable bonds is 4. The fraction of sp³-hybridized carbons (Fsp3) is 0.500. The van der Waals surface area contributed by atoms with Crippen molar-refractivity contribution in [2.45, 2.75) is 11.0 Å². The van der Waals surface area contributed by atoms with E-state index in [2.05, 4.69) is 9.62 Å². The number of benzene rings is 1. The lowest BCUT2D eigenvalue weighted by molar-refractivity contribution is -0.0156. The molecule has 1 aromatic carbocycles. The van der Waals surface area contributed by atoms with Crippen LogP contribution in [0.1, 0.15) is 0 Å². The van der Waals surface area contributed by atoms with Crippen LogP contribution in [0, 0.1) is 0 Å². The normalized spacial score (nSPS) is 20.9. The van der Waals surface area contributed by atoms with E-state index in [-0.39, 0.29) is 29.0 Å². The maximum Gasteiger partial charge on any atom is 0.240 e. The number of sulfonamides is 1. The maximum atomic E-state index is 12.1. The van der Waals surface area contributed by atoms with Gasteiger partial charge < -0.3 is 20.5 Å². The number of likely N-dealkylation sites (N-methyl/N-ethyl adjacent to an activating group) is 1. The molecule has 0 aliphatic carbocycles. The molecule has 112 valence electrons. The molecule has 0 amide bonds. The predicted octanol–water partition coefficient (Wildman–Crippen LogP) is -0.417. The van der Waals surface area contributed by atoms with E-state index >= 15 is 0 Å². The Kier molecular flexibility index (Phi) is 4.48. The molecule has 1 atom stereocenters. The molecule has 8 heteroatoms. The molecular formula is C12H19N3O4S. The summed E-state index contributed by atoms with van der Waals surface area (Å²) in [5, 5.41) is 9.31. The minimum Gasteiger partial charge on any atom is -0.506 e. The van der Waals surface area contributed by atoms with Crippen LogP contribution in [0.2, 0.25) is 0 Å². The van der Waals surface area contributed by atoms with Crippen LogP contribution in [-0.4, -0.2) is 57.8 Å². The van der Waals surface area contributed by atoms with Gasteiger partial charge in [-0.25, -0.2) is 13.1 Å². The molecule has 0 spiro atoms. The van der Waals surface area contributed by atoms with Gasteiger partial charge in [-0.05, 0) is 25.2 Å². The molecule has 1 aliphatic heterocycles. The molecule has 1 aliphatic rings. The fourth-order valence-corrected chi connectivity index (χ4v) is 3.08. The third-order valence-electron chi connectivity index (χ3n) is 3.15. The third kappa shape index (κ3) is 3.60. The second-order valence-corrected chi connectivity index (χ2v) is 6.59. The van der Waals surface area contributed by atoms with Crippen LogP contribution in [-0.2, 0) is 14.8 Å². The topological polar surface area (TPSA) is 105 Å². The van der Waals surface area contributed by atoms with Crippen LogP contribution >= 0.6 is 0 Å². The number of ether oxygens (including phenoxy) is 1. The van der Waals surface area contributed by atoms with Gasteiger partial charge in [-0.3, -0.25) is 0 Å². The SMILES string of the molecule is CN1CCOC(CNS(=O)(=O)c2ccc(O)c(N)c2)C1. The molecule has 4 N–H and O–H groups in total. The average molecular weight is 301 g/mol. The van der Waals surface area contributed by atoms with Crippen molar-refractivity contribution in [3.05, 3.63) is 18.2 Å². The molecular weight excluding hydrogens is 282 g/mol. The Bertz CT molecular complexity index is 576. The minimum atomic E-state index is -3.66. The van der Waals surface area contributed by atoms with E-state index in [1.165, 1.54) is 18.2 Å². The van der Waals surface area contributed by atoms with E-state index in [4.69, 9.17) is 10.5 Å². The predicted molar refractivity (Wildman–Crippen MR) is 74.9 cm³/mol. The Morgan fingerprint density at radius 1 is 1.55 bits per heavy atom. The van der Waals surface area contributed by atoms with Crippen molar-refractivity contribution in [2.75, 3.05) is 39.0 Å². The summed E-state index contributed by atoms with van der Waals surface area (Å²) in [4.78, 5) is 2.11. The first-order valence-electron chi connectivity index (χ1n) is 6.27. The van der Waals surface area contributed by atoms with Gasteiger partial charge in [-0.2, -0.15) is 0 Å². The van der Waals surface area contributed by atoms with Gasteiger partial charge in [-0.15, -0.1) is 0 Å². The second kappa shape index (κ2) is 5.96. The van der Waals surface area contributed by atoms with E-state index in [0.29, 0.717) is 13.2 Å². The van der Waals surface area contributed by atoms with Crippen LogP contribution < -0.4 is 10.5 Å². The van der Waals surface area contributed by atoms with Crippen molar-refractivity contribution in [3.63, 3.8) is 0 Å². The molecule has 1 unspecified atom stereocenters. The fourth-order valence-electron chi connectivity index (χ4n) is 1.98. The average Bonchev–Trinajstić information content (AvgIpc) is 2.40. The highest BCUT2D eigenvalue weighted by atomic mass is 32.2. The molecule has 7 nitrogen and oxygen atoms in total. The number of nitrogens with one attached hydrogen (secondary N) is 1. The van der Waals surface area contributed by atoms with Gasteiger partial charge in [0.15, 0.2) is 0 Å². The van der Waals surface area contributed by atoms with E-state index in [9.17, 15) is 13.5 Å². The lowest BCUT2D eigenvalue weighted by atomic mass is 10.3. The van der Waals surface area contributed by atoms with Crippen molar-refractivity contribution >= 4 is 15.7 Å². The van der Waals surface area contributed by atoms with Gasteiger partial charge in [0.05, 0.1) is 23.3 Å². The Morgan fingerprint density at radius 2 is 2.30 bits per heavy atom. The van der Waals surface area contributed by atoms with Gasteiger partial charge in [0.1, 0.15) is 5.75 Å². The smallest absolute Gasteiger partial charge is 0.240 e. The Labute approximate surface area is 118 Å². The lowest BCUT2D eigenvalue weighted by Gasteiger charge is -2.30. The van der Waals surface area contributed by atoms with Gasteiger partial charge >= 0.3 is 0 Å². The quantitative estimate of drug-likeness (QED) is 0.515. The summed E-state index contributed by atoms with van der Waals surface area (Å²) in [7, 11) is -1.69. The van der Waals surface area contributed by atoms with Gasteiger partial charge in [0.25, 0.3) is 0 Å². The number of phenols is 1. The molecule has 1 fully saturated rings. The van der Waals surface area contributed by atoms with E-state index < -0.39 is 10.0 Å². The zero-order chi connectivity index (χ0) is 14.8. The van der Waals surface area contributed by atoms with Crippen molar-refractivity contribution in [2.24, 2.45) is 0 Å². The first-order valence-corrected chi connectivity index (χ1v) is 7.75. The standard InChI is InChI=1S/C12H19N3O4S/c1-15-4-5-19-9(8-15)7-14-20(17,18)10-2-3-12(16)11(13)6-10/h2-3,6,9,14,16H,4-5,7-8,13H2,1H3. The number of nitrogens with zero attached hydrogens (tertiary/aromatic N) is 1. The number of aromatic hydroxyl groups is 1. The summed E-state index contributed by atoms with van der Waals surface area (Å²) >= 11 is 0. The number of nitrogen functional groups attached to an aromatic ring is 1. The number of hydrogen-bond acceptors (Lipinski definition) is 6. The highest BCUT2D eigenvalue weighted by molar-refractivity contribution is 7.89. The van der Waals surface area contributed by atoms with Crippen LogP contribution in [0.4, 0.5) is 5.69 Å². The molecule has 0 aromatic heterocycles. The summed E-state index contributed by atoms with van der Waals surface area (Å²) < 4.78 is 32.2. The van der Waals surface area contributed by atoms with Crippen molar-refractivity contribution in [3.8, 4) is 5.75 Å². The summed E-state index contributed by atoms with van der Waals surface area (Å²) in [6.07, 6.45) is -0.169. The van der Waals surface area contributed by atoms with Crippen LogP contribution in [0.3, 0.4) is 0 Å². The van der Waals surface area contributed by atoms with Gasteiger partial charge in [-0.1, -0.05) is 0 Å². The Hall–Kier alpha value is -1.35. The van der Waals surface area contributed by atoms with E-state index in [1.54, 1.807) is 0 Å². The van der Waals surface area contributed by atoms with Crippen molar-refractivity contribution in [1.29, 1.82) is 0 Å². The second-order valence-electron chi connectivity index (χ2n) is 4.83. The number of nitrogens with two attached hydrogens (primary N) is 1. The van der Waals surface area contributed by atoms with Gasteiger partial charge in [0.2, 0.25) is 10.0 Å². The molecule has 0 bridgehead atoms. The monoisotopic (exact) mass is 301 g/mol. The van der Waals surface area contributed by atoms with E-state index in [0.717, 1.165) is 6.54 Å². The number of phenolic OH excluding ortho intramolecular Hbond substituents is 1. The maximum absolute atomic E-state index is 12.1. The zero-order valence-electron chi connectivity index (χ0n) is 11.2. The first-order chi connectivity index (χ1) is 9.38. The van der Waals surface area contributed by atoms with Crippen LogP contribution in [0.25, 0.3) is 0 Å². The molecule has 1 heterocycles. The number of anilines is 1. The third-order valence-corrected chi connectivity index (χ3v) is 4.57. The lowest BCUT2D eigenvalue weighted by Crippen LogP contribution is -2.45. The summed E-state index contributed by atoms with van der Waals surface area (Å²) in [5.74, 6) is -0.138. The zero-order valence-corrected chi connectivity index (χ0v) is 12.1. The molecule has 1 saturated heterocycles. The molecule has 0 radical (unpaired) electrons. The molecule has 0 saturated carbocycles. The van der Waals surface area contributed by atoms with Crippen LogP contribution in [0.5, 0.6) is 5.75 Å². The Balaban J connectivity index is 2.01. The highest BCUT2D eigenvalue weighted by Gasteiger charge is 2.21. The van der Waals surface area contributed by atoms with E-state index in [1.807, 2.05) is 7.05 Å². The summed E-state index contributed by atoms with van der Waals surface area (Å²) in [5.41, 5.74) is 5.53. The van der Waals surface area contributed by atoms with Crippen molar-refractivity contribution < 1.29 is 18.3 Å². The van der Waals surface area contributed by atoms with Crippen LogP contribution in [0.15, 0.2) is 23.1 Å². The first kappa shape index (κ1) is 15.0. The Morgan fingerprint density at radius 3 is 2.95 bits per heavy atom. The van der Waals surface area contributed by atoms with Crippen molar-refractivity contribution in [1.82, 2.24) is 9.62 Å². The number of morpholine rings is 1. The van der Waals surface area contributed by atoms with Gasteiger partial charge in [0, 0.05) is 19.6 Å².